The first-order valence-electron chi connectivity index (χ1n) is 10.2. The second kappa shape index (κ2) is 10.5. The van der Waals surface area contributed by atoms with Crippen LogP contribution in [0.2, 0.25) is 0 Å². The van der Waals surface area contributed by atoms with E-state index >= 15 is 0 Å². The maximum absolute atomic E-state index is 12.9. The number of rotatable bonds is 8. The van der Waals surface area contributed by atoms with Crippen LogP contribution in [0.4, 0.5) is 15.8 Å². The average Bonchev–Trinajstić information content (AvgIpc) is 3.28. The average molecular weight is 492 g/mol. The fraction of sp³-hybridized carbons (Fsp3) is 0.0417. The number of non-ortho nitro benzene ring substituents is 1. The SMILES string of the molecule is O=C(COc1ccc(C=NNC(=O)c2cc3cc([N+](=O)[O-])ccc3s2)cc1)Nc1ccc(F)cc1. The molecule has 2 N–H and O–H groups in total. The molecule has 2 amide bonds. The molecule has 0 aliphatic rings. The summed E-state index contributed by atoms with van der Waals surface area (Å²) < 4.78 is 19.1. The van der Waals surface area contributed by atoms with Gasteiger partial charge in [-0.3, -0.25) is 19.7 Å². The normalized spacial score (nSPS) is 10.9. The molecule has 0 spiro atoms. The Labute approximate surface area is 202 Å². The molecule has 0 aliphatic carbocycles. The van der Waals surface area contributed by atoms with Crippen LogP contribution in [0.15, 0.2) is 77.9 Å². The molecule has 9 nitrogen and oxygen atoms in total. The molecule has 0 atom stereocenters. The minimum Gasteiger partial charge on any atom is -0.484 e. The molecule has 0 unspecified atom stereocenters. The minimum absolute atomic E-state index is 0.0405. The number of nitro groups is 1. The van der Waals surface area contributed by atoms with Gasteiger partial charge in [0.15, 0.2) is 6.61 Å². The van der Waals surface area contributed by atoms with Crippen molar-refractivity contribution < 1.29 is 23.6 Å². The number of carbonyl (C=O) groups excluding carboxylic acids is 2. The number of ether oxygens (including phenoxy) is 1. The van der Waals surface area contributed by atoms with Crippen LogP contribution in [0.3, 0.4) is 0 Å². The lowest BCUT2D eigenvalue weighted by atomic mass is 10.2. The van der Waals surface area contributed by atoms with E-state index in [1.807, 2.05) is 0 Å². The van der Waals surface area contributed by atoms with E-state index in [-0.39, 0.29) is 18.2 Å². The molecule has 1 aromatic heterocycles. The highest BCUT2D eigenvalue weighted by Gasteiger charge is 2.13. The number of anilines is 1. The van der Waals surface area contributed by atoms with Crippen molar-refractivity contribution in [3.8, 4) is 5.75 Å². The topological polar surface area (TPSA) is 123 Å². The Hall–Kier alpha value is -4.64. The molecule has 176 valence electrons. The highest BCUT2D eigenvalue weighted by Crippen LogP contribution is 2.28. The van der Waals surface area contributed by atoms with Gasteiger partial charge in [-0.15, -0.1) is 11.3 Å². The van der Waals surface area contributed by atoms with Crippen LogP contribution in [0.5, 0.6) is 5.75 Å². The maximum atomic E-state index is 12.9. The zero-order valence-corrected chi connectivity index (χ0v) is 18.8. The molecule has 1 heterocycles. The van der Waals surface area contributed by atoms with E-state index in [1.165, 1.54) is 53.9 Å². The number of fused-ring (bicyclic) bond motifs is 1. The highest BCUT2D eigenvalue weighted by molar-refractivity contribution is 7.20. The number of nitrogens with zero attached hydrogens (tertiary/aromatic N) is 2. The zero-order chi connectivity index (χ0) is 24.8. The second-order valence-corrected chi connectivity index (χ2v) is 8.29. The van der Waals surface area contributed by atoms with Crippen LogP contribution in [0.25, 0.3) is 10.1 Å². The summed E-state index contributed by atoms with van der Waals surface area (Å²) in [5.41, 5.74) is 3.53. The van der Waals surface area contributed by atoms with E-state index in [2.05, 4.69) is 15.8 Å². The predicted octanol–water partition coefficient (Wildman–Crippen LogP) is 4.73. The van der Waals surface area contributed by atoms with Crippen molar-refractivity contribution in [3.63, 3.8) is 0 Å². The molecule has 0 saturated carbocycles. The minimum atomic E-state index is -0.486. The van der Waals surface area contributed by atoms with Gasteiger partial charge < -0.3 is 10.1 Å². The van der Waals surface area contributed by atoms with Crippen LogP contribution in [0, 0.1) is 15.9 Å². The lowest BCUT2D eigenvalue weighted by Crippen LogP contribution is -2.20. The van der Waals surface area contributed by atoms with E-state index in [0.717, 1.165) is 4.70 Å². The fourth-order valence-corrected chi connectivity index (χ4v) is 3.94. The van der Waals surface area contributed by atoms with Gasteiger partial charge >= 0.3 is 0 Å². The third-order valence-corrected chi connectivity index (χ3v) is 5.81. The molecule has 0 fully saturated rings. The van der Waals surface area contributed by atoms with Crippen LogP contribution >= 0.6 is 11.3 Å². The molecular weight excluding hydrogens is 475 g/mol. The van der Waals surface area contributed by atoms with Crippen molar-refractivity contribution in [3.05, 3.63) is 99.2 Å². The molecule has 0 radical (unpaired) electrons. The lowest BCUT2D eigenvalue weighted by molar-refractivity contribution is -0.384. The van der Waals surface area contributed by atoms with Crippen molar-refractivity contribution >= 4 is 50.8 Å². The molecule has 0 saturated heterocycles. The van der Waals surface area contributed by atoms with E-state index in [0.29, 0.717) is 27.3 Å². The summed E-state index contributed by atoms with van der Waals surface area (Å²) in [5.74, 6) is -0.756. The number of amides is 2. The largest absolute Gasteiger partial charge is 0.484 e. The summed E-state index contributed by atoms with van der Waals surface area (Å²) in [6.07, 6.45) is 1.45. The van der Waals surface area contributed by atoms with Crippen molar-refractivity contribution in [2.45, 2.75) is 0 Å². The Morgan fingerprint density at radius 2 is 1.80 bits per heavy atom. The number of nitro benzene ring substituents is 1. The Balaban J connectivity index is 1.27. The number of carbonyl (C=O) groups is 2. The van der Waals surface area contributed by atoms with Gasteiger partial charge in [-0.05, 0) is 66.2 Å². The fourth-order valence-electron chi connectivity index (χ4n) is 3.01. The third-order valence-electron chi connectivity index (χ3n) is 4.69. The van der Waals surface area contributed by atoms with Gasteiger partial charge in [0, 0.05) is 27.9 Å². The Morgan fingerprint density at radius 1 is 1.06 bits per heavy atom. The molecule has 4 rings (SSSR count). The van der Waals surface area contributed by atoms with E-state index in [4.69, 9.17) is 4.74 Å². The second-order valence-electron chi connectivity index (χ2n) is 7.20. The zero-order valence-electron chi connectivity index (χ0n) is 17.9. The monoisotopic (exact) mass is 492 g/mol. The molecule has 35 heavy (non-hydrogen) atoms. The summed E-state index contributed by atoms with van der Waals surface area (Å²) in [7, 11) is 0. The van der Waals surface area contributed by atoms with Gasteiger partial charge in [-0.1, -0.05) is 0 Å². The number of nitrogens with one attached hydrogen (secondary N) is 2. The quantitative estimate of drug-likeness (QED) is 0.209. The van der Waals surface area contributed by atoms with Gasteiger partial charge in [-0.25, -0.2) is 9.82 Å². The van der Waals surface area contributed by atoms with Crippen LogP contribution < -0.4 is 15.5 Å². The number of hydrogen-bond acceptors (Lipinski definition) is 7. The third kappa shape index (κ3) is 6.24. The van der Waals surface area contributed by atoms with Gasteiger partial charge in [0.25, 0.3) is 17.5 Å². The molecule has 11 heteroatoms. The first-order chi connectivity index (χ1) is 16.9. The number of thiophene rings is 1. The lowest BCUT2D eigenvalue weighted by Gasteiger charge is -2.07. The van der Waals surface area contributed by atoms with Crippen LogP contribution in [0.1, 0.15) is 15.2 Å². The smallest absolute Gasteiger partial charge is 0.281 e. The number of hydrogen-bond donors (Lipinski definition) is 2. The summed E-state index contributed by atoms with van der Waals surface area (Å²) >= 11 is 1.21. The summed E-state index contributed by atoms with van der Waals surface area (Å²) in [6, 6.07) is 18.1. The molecular formula is C24H17FN4O5S. The number of halogens is 1. The standard InChI is InChI=1S/C24H17FN4O5S/c25-17-3-5-18(6-4-17)27-23(30)14-34-20-8-1-15(2-9-20)13-26-28-24(31)22-12-16-11-19(29(32)33)7-10-21(16)35-22/h1-13H,14H2,(H,27,30)(H,28,31). The number of benzene rings is 3. The van der Waals surface area contributed by atoms with Gasteiger partial charge in [-0.2, -0.15) is 5.10 Å². The van der Waals surface area contributed by atoms with Crippen molar-refractivity contribution in [1.29, 1.82) is 0 Å². The van der Waals surface area contributed by atoms with Crippen LogP contribution in [-0.2, 0) is 4.79 Å². The molecule has 4 aromatic rings. The summed E-state index contributed by atoms with van der Waals surface area (Å²) in [6.45, 7) is -0.223. The van der Waals surface area contributed by atoms with E-state index < -0.39 is 16.6 Å². The maximum Gasteiger partial charge on any atom is 0.281 e. The Bertz CT molecular complexity index is 1420. The molecule has 0 aliphatic heterocycles. The Kier molecular flexibility index (Phi) is 7.07. The van der Waals surface area contributed by atoms with E-state index in [1.54, 1.807) is 36.4 Å². The molecule has 3 aromatic carbocycles. The first kappa shape index (κ1) is 23.5. The highest BCUT2D eigenvalue weighted by atomic mass is 32.1. The molecule has 0 bridgehead atoms. The van der Waals surface area contributed by atoms with Crippen LogP contribution in [-0.4, -0.2) is 29.6 Å². The van der Waals surface area contributed by atoms with Crippen molar-refractivity contribution in [2.24, 2.45) is 5.10 Å². The van der Waals surface area contributed by atoms with Crippen molar-refractivity contribution in [1.82, 2.24) is 5.43 Å². The van der Waals surface area contributed by atoms with Gasteiger partial charge in [0.2, 0.25) is 0 Å². The van der Waals surface area contributed by atoms with Gasteiger partial charge in [0.05, 0.1) is 16.0 Å². The predicted molar refractivity (Wildman–Crippen MR) is 131 cm³/mol. The Morgan fingerprint density at radius 3 is 2.51 bits per heavy atom. The van der Waals surface area contributed by atoms with E-state index in [9.17, 15) is 24.1 Å². The first-order valence-corrected chi connectivity index (χ1v) is 11.0. The van der Waals surface area contributed by atoms with Gasteiger partial charge in [0.1, 0.15) is 11.6 Å². The van der Waals surface area contributed by atoms with Crippen molar-refractivity contribution in [2.75, 3.05) is 11.9 Å². The number of hydrazone groups is 1. The summed E-state index contributed by atoms with van der Waals surface area (Å²) in [4.78, 5) is 35.1. The summed E-state index contributed by atoms with van der Waals surface area (Å²) in [5, 5.41) is 18.0.